The van der Waals surface area contributed by atoms with Gasteiger partial charge in [0.15, 0.2) is 0 Å². The van der Waals surface area contributed by atoms with Crippen molar-refractivity contribution in [3.05, 3.63) is 48.0 Å². The number of aromatic nitrogens is 1. The highest BCUT2D eigenvalue weighted by Gasteiger charge is 2.13. The summed E-state index contributed by atoms with van der Waals surface area (Å²) in [5.41, 5.74) is 7.09. The van der Waals surface area contributed by atoms with E-state index in [1.165, 1.54) is 5.56 Å². The predicted octanol–water partition coefficient (Wildman–Crippen LogP) is 2.59. The van der Waals surface area contributed by atoms with Crippen molar-refractivity contribution in [2.75, 3.05) is 11.4 Å². The number of anilines is 1. The van der Waals surface area contributed by atoms with Crippen molar-refractivity contribution >= 4 is 5.82 Å². The predicted molar refractivity (Wildman–Crippen MR) is 77.0 cm³/mol. The van der Waals surface area contributed by atoms with Gasteiger partial charge in [-0.3, -0.25) is 0 Å². The Morgan fingerprint density at radius 3 is 2.84 bits per heavy atom. The zero-order chi connectivity index (χ0) is 13.7. The average Bonchev–Trinajstić information content (AvgIpc) is 2.89. The first-order valence-electron chi connectivity index (χ1n) is 6.67. The molecule has 2 rings (SSSR count). The van der Waals surface area contributed by atoms with Gasteiger partial charge in [-0.25, -0.2) is 4.98 Å². The van der Waals surface area contributed by atoms with Crippen LogP contribution in [0.2, 0.25) is 0 Å². The van der Waals surface area contributed by atoms with E-state index in [9.17, 15) is 0 Å². The number of furan rings is 1. The lowest BCUT2D eigenvalue weighted by atomic mass is 10.1. The second-order valence-electron chi connectivity index (χ2n) is 4.76. The molecular formula is C15H21N3O. The summed E-state index contributed by atoms with van der Waals surface area (Å²) in [7, 11) is 0. The Balaban J connectivity index is 2.22. The largest absolute Gasteiger partial charge is 0.467 e. The highest BCUT2D eigenvalue weighted by Crippen LogP contribution is 2.20. The Hall–Kier alpha value is -1.81. The minimum Gasteiger partial charge on any atom is -0.467 e. The van der Waals surface area contributed by atoms with E-state index in [4.69, 9.17) is 10.2 Å². The van der Waals surface area contributed by atoms with Crippen LogP contribution >= 0.6 is 0 Å². The van der Waals surface area contributed by atoms with Crippen molar-refractivity contribution < 1.29 is 4.42 Å². The lowest BCUT2D eigenvalue weighted by Crippen LogP contribution is -2.26. The molecule has 1 unspecified atom stereocenters. The molecule has 2 aromatic heterocycles. The number of pyridine rings is 1. The summed E-state index contributed by atoms with van der Waals surface area (Å²) in [6.07, 6.45) is 4.35. The summed E-state index contributed by atoms with van der Waals surface area (Å²) in [5.74, 6) is 1.94. The zero-order valence-corrected chi connectivity index (χ0v) is 11.5. The molecule has 0 bridgehead atoms. The average molecular weight is 259 g/mol. The fourth-order valence-electron chi connectivity index (χ4n) is 2.15. The van der Waals surface area contributed by atoms with Crippen LogP contribution in [0, 0.1) is 0 Å². The van der Waals surface area contributed by atoms with Gasteiger partial charge in [0.25, 0.3) is 0 Å². The van der Waals surface area contributed by atoms with Gasteiger partial charge in [-0.05, 0) is 44.0 Å². The van der Waals surface area contributed by atoms with E-state index < -0.39 is 0 Å². The summed E-state index contributed by atoms with van der Waals surface area (Å²) < 4.78 is 5.41. The third-order valence-electron chi connectivity index (χ3n) is 3.02. The van der Waals surface area contributed by atoms with E-state index >= 15 is 0 Å². The second-order valence-corrected chi connectivity index (χ2v) is 4.76. The van der Waals surface area contributed by atoms with Crippen LogP contribution in [0.25, 0.3) is 0 Å². The van der Waals surface area contributed by atoms with Crippen LogP contribution in [0.1, 0.15) is 25.2 Å². The Morgan fingerprint density at radius 1 is 1.37 bits per heavy atom. The summed E-state index contributed by atoms with van der Waals surface area (Å²) in [4.78, 5) is 6.72. The number of nitrogens with two attached hydrogens (primary N) is 1. The monoisotopic (exact) mass is 259 g/mol. The first-order chi connectivity index (χ1) is 9.20. The molecule has 0 saturated heterocycles. The summed E-state index contributed by atoms with van der Waals surface area (Å²) in [6, 6.07) is 8.07. The lowest BCUT2D eigenvalue weighted by molar-refractivity contribution is 0.502. The van der Waals surface area contributed by atoms with E-state index in [-0.39, 0.29) is 6.04 Å². The van der Waals surface area contributed by atoms with E-state index in [0.29, 0.717) is 0 Å². The maximum absolute atomic E-state index is 5.91. The van der Waals surface area contributed by atoms with E-state index in [2.05, 4.69) is 22.9 Å². The molecule has 2 N–H and O–H groups in total. The van der Waals surface area contributed by atoms with Gasteiger partial charge in [-0.1, -0.05) is 6.07 Å². The van der Waals surface area contributed by atoms with Gasteiger partial charge in [0, 0.05) is 18.8 Å². The molecule has 0 aliphatic heterocycles. The highest BCUT2D eigenvalue weighted by atomic mass is 16.3. The van der Waals surface area contributed by atoms with Crippen molar-refractivity contribution in [2.24, 2.45) is 5.73 Å². The maximum Gasteiger partial charge on any atom is 0.132 e. The van der Waals surface area contributed by atoms with Crippen LogP contribution in [-0.2, 0) is 13.0 Å². The van der Waals surface area contributed by atoms with E-state index in [1.807, 2.05) is 31.3 Å². The molecule has 4 nitrogen and oxygen atoms in total. The Labute approximate surface area is 114 Å². The van der Waals surface area contributed by atoms with Crippen molar-refractivity contribution in [1.82, 2.24) is 4.98 Å². The quantitative estimate of drug-likeness (QED) is 0.866. The minimum absolute atomic E-state index is 0.130. The van der Waals surface area contributed by atoms with Gasteiger partial charge in [-0.15, -0.1) is 0 Å². The lowest BCUT2D eigenvalue weighted by Gasteiger charge is -2.24. The van der Waals surface area contributed by atoms with E-state index in [0.717, 1.165) is 31.1 Å². The molecule has 4 heteroatoms. The number of rotatable bonds is 6. The van der Waals surface area contributed by atoms with E-state index in [1.54, 1.807) is 6.26 Å². The Kier molecular flexibility index (Phi) is 4.58. The molecule has 1 atom stereocenters. The zero-order valence-electron chi connectivity index (χ0n) is 11.5. The van der Waals surface area contributed by atoms with Crippen molar-refractivity contribution in [3.63, 3.8) is 0 Å². The molecule has 0 saturated carbocycles. The molecular weight excluding hydrogens is 238 g/mol. The topological polar surface area (TPSA) is 55.3 Å². The number of hydrogen-bond donors (Lipinski definition) is 1. The molecule has 2 heterocycles. The first-order valence-corrected chi connectivity index (χ1v) is 6.67. The smallest absolute Gasteiger partial charge is 0.132 e. The molecule has 0 radical (unpaired) electrons. The molecule has 0 aliphatic rings. The molecule has 0 aliphatic carbocycles. The van der Waals surface area contributed by atoms with Crippen LogP contribution < -0.4 is 10.6 Å². The molecule has 0 spiro atoms. The van der Waals surface area contributed by atoms with Crippen LogP contribution in [0.4, 0.5) is 5.82 Å². The summed E-state index contributed by atoms with van der Waals surface area (Å²) in [5, 5.41) is 0. The SMILES string of the molecule is CCN(Cc1ccco1)c1ncccc1CC(C)N. The third kappa shape index (κ3) is 3.58. The molecule has 0 aromatic carbocycles. The summed E-state index contributed by atoms with van der Waals surface area (Å²) >= 11 is 0. The third-order valence-corrected chi connectivity index (χ3v) is 3.02. The van der Waals surface area contributed by atoms with Gasteiger partial charge in [0.1, 0.15) is 11.6 Å². The minimum atomic E-state index is 0.130. The molecule has 0 amide bonds. The van der Waals surface area contributed by atoms with Gasteiger partial charge >= 0.3 is 0 Å². The Morgan fingerprint density at radius 2 is 2.21 bits per heavy atom. The van der Waals surface area contributed by atoms with Gasteiger partial charge in [0.05, 0.1) is 12.8 Å². The fraction of sp³-hybridized carbons (Fsp3) is 0.400. The van der Waals surface area contributed by atoms with Crippen molar-refractivity contribution in [1.29, 1.82) is 0 Å². The van der Waals surface area contributed by atoms with Crippen LogP contribution in [0.15, 0.2) is 41.1 Å². The Bertz CT molecular complexity index is 494. The standard InChI is InChI=1S/C15H21N3O/c1-3-18(11-14-7-5-9-19-14)15-13(10-12(2)16)6-4-8-17-15/h4-9,12H,3,10-11,16H2,1-2H3. The van der Waals surface area contributed by atoms with Crippen LogP contribution in [0.5, 0.6) is 0 Å². The second kappa shape index (κ2) is 6.38. The normalized spacial score (nSPS) is 12.4. The number of nitrogens with zero attached hydrogens (tertiary/aromatic N) is 2. The molecule has 19 heavy (non-hydrogen) atoms. The highest BCUT2D eigenvalue weighted by molar-refractivity contribution is 5.47. The molecule has 102 valence electrons. The van der Waals surface area contributed by atoms with Gasteiger partial charge in [-0.2, -0.15) is 0 Å². The molecule has 2 aromatic rings. The first kappa shape index (κ1) is 13.6. The van der Waals surface area contributed by atoms with Crippen LogP contribution in [0.3, 0.4) is 0 Å². The molecule has 0 fully saturated rings. The van der Waals surface area contributed by atoms with Crippen LogP contribution in [-0.4, -0.2) is 17.6 Å². The van der Waals surface area contributed by atoms with Crippen molar-refractivity contribution in [2.45, 2.75) is 32.9 Å². The van der Waals surface area contributed by atoms with Gasteiger partial charge in [0.2, 0.25) is 0 Å². The van der Waals surface area contributed by atoms with Gasteiger partial charge < -0.3 is 15.1 Å². The summed E-state index contributed by atoms with van der Waals surface area (Å²) in [6.45, 7) is 5.74. The number of hydrogen-bond acceptors (Lipinski definition) is 4. The van der Waals surface area contributed by atoms with Crippen molar-refractivity contribution in [3.8, 4) is 0 Å². The maximum atomic E-state index is 5.91. The fourth-order valence-corrected chi connectivity index (χ4v) is 2.15.